The van der Waals surface area contributed by atoms with Gasteiger partial charge in [0, 0.05) is 18.4 Å². The van der Waals surface area contributed by atoms with Gasteiger partial charge in [-0.2, -0.15) is 9.97 Å². The maximum atomic E-state index is 8.93. The van der Waals surface area contributed by atoms with E-state index in [1.807, 2.05) is 42.6 Å². The number of aliphatic hydroxyl groups is 1. The van der Waals surface area contributed by atoms with Crippen molar-refractivity contribution in [2.24, 2.45) is 0 Å². The van der Waals surface area contributed by atoms with Gasteiger partial charge >= 0.3 is 0 Å². The molecule has 6 heteroatoms. The minimum atomic E-state index is 0.0529. The Balaban J connectivity index is 1.94. The zero-order chi connectivity index (χ0) is 13.8. The van der Waals surface area contributed by atoms with Crippen LogP contribution < -0.4 is 10.6 Å². The zero-order valence-corrected chi connectivity index (χ0v) is 10.8. The van der Waals surface area contributed by atoms with E-state index in [2.05, 4.69) is 25.6 Å². The van der Waals surface area contributed by atoms with E-state index in [1.165, 1.54) is 0 Å². The lowest BCUT2D eigenvalue weighted by atomic mass is 10.3. The van der Waals surface area contributed by atoms with Crippen LogP contribution in [-0.2, 0) is 0 Å². The molecule has 2 aromatic heterocycles. The summed E-state index contributed by atoms with van der Waals surface area (Å²) in [7, 11) is 0. The number of aromatic amines is 1. The number of nitrogens with one attached hydrogen (secondary N) is 3. The molecule has 0 amide bonds. The second-order valence-electron chi connectivity index (χ2n) is 4.28. The molecule has 0 saturated carbocycles. The van der Waals surface area contributed by atoms with Gasteiger partial charge in [0.05, 0.1) is 12.0 Å². The van der Waals surface area contributed by atoms with Gasteiger partial charge in [-0.3, -0.25) is 0 Å². The smallest absolute Gasteiger partial charge is 0.231 e. The highest BCUT2D eigenvalue weighted by molar-refractivity contribution is 5.88. The molecule has 2 heterocycles. The van der Waals surface area contributed by atoms with Gasteiger partial charge in [0.2, 0.25) is 5.95 Å². The quantitative estimate of drug-likeness (QED) is 0.570. The van der Waals surface area contributed by atoms with Crippen LogP contribution >= 0.6 is 0 Å². The predicted octanol–water partition coefficient (Wildman–Crippen LogP) is 2.11. The maximum Gasteiger partial charge on any atom is 0.231 e. The maximum absolute atomic E-state index is 8.93. The minimum absolute atomic E-state index is 0.0529. The van der Waals surface area contributed by atoms with Crippen molar-refractivity contribution < 1.29 is 5.11 Å². The molecule has 0 atom stereocenters. The summed E-state index contributed by atoms with van der Waals surface area (Å²) in [6.45, 7) is 0.499. The Kier molecular flexibility index (Phi) is 3.47. The summed E-state index contributed by atoms with van der Waals surface area (Å²) in [5, 5.41) is 16.1. The first kappa shape index (κ1) is 12.4. The molecule has 4 N–H and O–H groups in total. The number of hydrogen-bond donors (Lipinski definition) is 4. The Morgan fingerprint density at radius 3 is 2.75 bits per heavy atom. The molecule has 20 heavy (non-hydrogen) atoms. The van der Waals surface area contributed by atoms with Crippen LogP contribution in [-0.4, -0.2) is 33.2 Å². The van der Waals surface area contributed by atoms with Crippen LogP contribution in [0, 0.1) is 0 Å². The fraction of sp³-hybridized carbons (Fsp3) is 0.143. The van der Waals surface area contributed by atoms with E-state index in [4.69, 9.17) is 5.11 Å². The number of anilines is 3. The van der Waals surface area contributed by atoms with Crippen LogP contribution in [0.3, 0.4) is 0 Å². The van der Waals surface area contributed by atoms with Crippen LogP contribution in [0.1, 0.15) is 0 Å². The van der Waals surface area contributed by atoms with Crippen molar-refractivity contribution in [1.82, 2.24) is 15.0 Å². The number of fused-ring (bicyclic) bond motifs is 1. The molecular weight excluding hydrogens is 254 g/mol. The molecule has 1 aromatic carbocycles. The average molecular weight is 269 g/mol. The van der Waals surface area contributed by atoms with Gasteiger partial charge < -0.3 is 20.7 Å². The molecule has 0 spiro atoms. The number of H-pyrrole nitrogens is 1. The molecule has 0 unspecified atom stereocenters. The standard InChI is InChI=1S/C14H15N5O/c20-9-8-16-13-11-6-7-15-12(11)18-14(19-13)17-10-4-2-1-3-5-10/h1-7,20H,8-9H2,(H3,15,16,17,18,19). The second kappa shape index (κ2) is 5.58. The summed E-state index contributed by atoms with van der Waals surface area (Å²) in [4.78, 5) is 11.9. The van der Waals surface area contributed by atoms with Gasteiger partial charge in [-0.15, -0.1) is 0 Å². The molecule has 0 radical (unpaired) electrons. The Bertz CT molecular complexity index is 695. The number of benzene rings is 1. The van der Waals surface area contributed by atoms with Crippen molar-refractivity contribution in [3.8, 4) is 0 Å². The molecular formula is C14H15N5O. The fourth-order valence-corrected chi connectivity index (χ4v) is 1.96. The van der Waals surface area contributed by atoms with Crippen molar-refractivity contribution in [1.29, 1.82) is 0 Å². The highest BCUT2D eigenvalue weighted by atomic mass is 16.3. The summed E-state index contributed by atoms with van der Waals surface area (Å²) in [5.41, 5.74) is 1.67. The van der Waals surface area contributed by atoms with Crippen molar-refractivity contribution in [2.75, 3.05) is 23.8 Å². The first-order valence-electron chi connectivity index (χ1n) is 6.39. The highest BCUT2D eigenvalue weighted by Crippen LogP contribution is 2.22. The van der Waals surface area contributed by atoms with Gasteiger partial charge in [-0.05, 0) is 18.2 Å². The number of aliphatic hydroxyl groups excluding tert-OH is 1. The number of para-hydroxylation sites is 1. The fourth-order valence-electron chi connectivity index (χ4n) is 1.96. The van der Waals surface area contributed by atoms with Crippen LogP contribution in [0.2, 0.25) is 0 Å². The molecule has 3 rings (SSSR count). The van der Waals surface area contributed by atoms with E-state index in [-0.39, 0.29) is 6.61 Å². The molecule has 0 bridgehead atoms. The molecule has 0 saturated heterocycles. The molecule has 102 valence electrons. The van der Waals surface area contributed by atoms with Crippen LogP contribution in [0.15, 0.2) is 42.6 Å². The third-order valence-electron chi connectivity index (χ3n) is 2.85. The van der Waals surface area contributed by atoms with Crippen molar-refractivity contribution >= 4 is 28.5 Å². The summed E-state index contributed by atoms with van der Waals surface area (Å²) in [5.74, 6) is 1.20. The lowest BCUT2D eigenvalue weighted by molar-refractivity contribution is 0.311. The molecule has 0 aliphatic carbocycles. The number of aromatic nitrogens is 3. The van der Waals surface area contributed by atoms with E-state index >= 15 is 0 Å². The summed E-state index contributed by atoms with van der Waals surface area (Å²) in [6, 6.07) is 11.6. The minimum Gasteiger partial charge on any atom is -0.395 e. The summed E-state index contributed by atoms with van der Waals surface area (Å²) in [6.07, 6.45) is 1.82. The lowest BCUT2D eigenvalue weighted by Crippen LogP contribution is -2.09. The van der Waals surface area contributed by atoms with Crippen molar-refractivity contribution in [2.45, 2.75) is 0 Å². The highest BCUT2D eigenvalue weighted by Gasteiger charge is 2.08. The second-order valence-corrected chi connectivity index (χ2v) is 4.28. The van der Waals surface area contributed by atoms with E-state index < -0.39 is 0 Å². The lowest BCUT2D eigenvalue weighted by Gasteiger charge is -2.09. The summed E-state index contributed by atoms with van der Waals surface area (Å²) < 4.78 is 0. The Morgan fingerprint density at radius 1 is 1.10 bits per heavy atom. The Hall–Kier alpha value is -2.60. The van der Waals surface area contributed by atoms with Gasteiger partial charge in [0.15, 0.2) is 0 Å². The van der Waals surface area contributed by atoms with E-state index in [0.717, 1.165) is 16.7 Å². The van der Waals surface area contributed by atoms with E-state index in [0.29, 0.717) is 18.3 Å². The topological polar surface area (TPSA) is 85.9 Å². The Morgan fingerprint density at radius 2 is 1.95 bits per heavy atom. The first-order chi connectivity index (χ1) is 9.86. The van der Waals surface area contributed by atoms with Gasteiger partial charge in [-0.25, -0.2) is 0 Å². The predicted molar refractivity (Wildman–Crippen MR) is 79.2 cm³/mol. The number of nitrogens with zero attached hydrogens (tertiary/aromatic N) is 2. The number of rotatable bonds is 5. The molecule has 0 aliphatic rings. The Labute approximate surface area is 115 Å². The van der Waals surface area contributed by atoms with Gasteiger partial charge in [0.1, 0.15) is 11.5 Å². The third kappa shape index (κ3) is 2.55. The van der Waals surface area contributed by atoms with E-state index in [1.54, 1.807) is 0 Å². The van der Waals surface area contributed by atoms with Crippen molar-refractivity contribution in [3.05, 3.63) is 42.6 Å². The molecule has 0 fully saturated rings. The van der Waals surface area contributed by atoms with Crippen molar-refractivity contribution in [3.63, 3.8) is 0 Å². The zero-order valence-electron chi connectivity index (χ0n) is 10.8. The SMILES string of the molecule is OCCNc1nc(Nc2ccccc2)nc2[nH]ccc12. The summed E-state index contributed by atoms with van der Waals surface area (Å²) >= 11 is 0. The monoisotopic (exact) mass is 269 g/mol. The molecule has 6 nitrogen and oxygen atoms in total. The third-order valence-corrected chi connectivity index (χ3v) is 2.85. The van der Waals surface area contributed by atoms with Crippen LogP contribution in [0.25, 0.3) is 11.0 Å². The molecule has 0 aliphatic heterocycles. The van der Waals surface area contributed by atoms with Gasteiger partial charge in [0.25, 0.3) is 0 Å². The largest absolute Gasteiger partial charge is 0.395 e. The van der Waals surface area contributed by atoms with E-state index in [9.17, 15) is 0 Å². The molecule has 3 aromatic rings. The first-order valence-corrected chi connectivity index (χ1v) is 6.39. The van der Waals surface area contributed by atoms with Crippen LogP contribution in [0.4, 0.5) is 17.5 Å². The normalized spacial score (nSPS) is 10.7. The average Bonchev–Trinajstić information content (AvgIpc) is 2.94. The van der Waals surface area contributed by atoms with Gasteiger partial charge in [-0.1, -0.05) is 18.2 Å². The van der Waals surface area contributed by atoms with Crippen LogP contribution in [0.5, 0.6) is 0 Å². The number of hydrogen-bond acceptors (Lipinski definition) is 5.